The first-order chi connectivity index (χ1) is 16.7. The predicted molar refractivity (Wildman–Crippen MR) is 155 cm³/mol. The molecule has 0 fully saturated rings. The molecule has 0 bridgehead atoms. The molecule has 1 aliphatic rings. The first-order valence-corrected chi connectivity index (χ1v) is 14.9. The Morgan fingerprint density at radius 3 is 1.56 bits per heavy atom. The highest BCUT2D eigenvalue weighted by molar-refractivity contribution is 6.32. The second kappa shape index (κ2) is 14.8. The molecule has 2 aromatic carbocycles. The molecule has 0 radical (unpaired) electrons. The Labute approximate surface area is 212 Å². The maximum atomic E-state index is 2.53. The fourth-order valence-corrected chi connectivity index (χ4v) is 6.35. The van der Waals surface area contributed by atoms with E-state index in [1.165, 1.54) is 132 Å². The van der Waals surface area contributed by atoms with Crippen LogP contribution >= 0.6 is 0 Å². The molecule has 34 heavy (non-hydrogen) atoms. The van der Waals surface area contributed by atoms with Crippen molar-refractivity contribution in [2.75, 3.05) is 0 Å². The van der Waals surface area contributed by atoms with Crippen molar-refractivity contribution in [2.24, 2.45) is 0 Å². The van der Waals surface area contributed by atoms with Crippen LogP contribution in [0.1, 0.15) is 141 Å². The van der Waals surface area contributed by atoms with E-state index in [0.717, 1.165) is 0 Å². The fraction of sp³-hybridized carbons (Fsp3) is 0.636. The lowest BCUT2D eigenvalue weighted by Gasteiger charge is -2.33. The Morgan fingerprint density at radius 2 is 1.00 bits per heavy atom. The summed E-state index contributed by atoms with van der Waals surface area (Å²) in [5, 5.41) is 0. The summed E-state index contributed by atoms with van der Waals surface area (Å²) in [7, 11) is 2.28. The lowest BCUT2D eigenvalue weighted by Crippen LogP contribution is -2.26. The van der Waals surface area contributed by atoms with E-state index in [-0.39, 0.29) is 5.41 Å². The second-order valence-electron chi connectivity index (χ2n) is 11.1. The van der Waals surface area contributed by atoms with Gasteiger partial charge in [-0.3, -0.25) is 0 Å². The fourth-order valence-electron chi connectivity index (χ4n) is 6.35. The van der Waals surface area contributed by atoms with Gasteiger partial charge in [0.05, 0.1) is 0 Å². The van der Waals surface area contributed by atoms with E-state index in [1.54, 1.807) is 11.1 Å². The molecule has 2 aromatic rings. The zero-order valence-corrected chi connectivity index (χ0v) is 22.8. The van der Waals surface area contributed by atoms with Gasteiger partial charge < -0.3 is 0 Å². The number of benzene rings is 2. The molecule has 3 rings (SSSR count). The van der Waals surface area contributed by atoms with Crippen molar-refractivity contribution in [3.63, 3.8) is 0 Å². The molecular weight excluding hydrogens is 407 g/mol. The van der Waals surface area contributed by atoms with Gasteiger partial charge in [-0.15, -0.1) is 0 Å². The van der Waals surface area contributed by atoms with Gasteiger partial charge in [-0.1, -0.05) is 165 Å². The van der Waals surface area contributed by atoms with E-state index >= 15 is 0 Å². The molecule has 0 N–H and O–H groups in total. The van der Waals surface area contributed by atoms with Crippen molar-refractivity contribution in [3.05, 3.63) is 53.6 Å². The third kappa shape index (κ3) is 7.25. The van der Waals surface area contributed by atoms with Crippen molar-refractivity contribution >= 4 is 13.3 Å². The van der Waals surface area contributed by atoms with Gasteiger partial charge in [0.25, 0.3) is 0 Å². The van der Waals surface area contributed by atoms with Crippen LogP contribution in [0, 0.1) is 0 Å². The molecule has 1 heteroatoms. The molecule has 0 atom stereocenters. The number of unbranched alkanes of at least 4 members (excludes halogenated alkanes) is 14. The van der Waals surface area contributed by atoms with E-state index in [2.05, 4.69) is 64.2 Å². The quantitative estimate of drug-likeness (QED) is 0.154. The minimum absolute atomic E-state index is 0.238. The normalized spacial score (nSPS) is 13.7. The summed E-state index contributed by atoms with van der Waals surface area (Å²) in [6.07, 6.45) is 25.1. The lowest BCUT2D eigenvalue weighted by molar-refractivity contribution is 0.397. The van der Waals surface area contributed by atoms with Crippen LogP contribution in [0.4, 0.5) is 0 Å². The Balaban J connectivity index is 1.66. The minimum Gasteiger partial charge on any atom is -0.0886 e. The molecular formula is C33H51B. The monoisotopic (exact) mass is 458 g/mol. The van der Waals surface area contributed by atoms with Crippen molar-refractivity contribution in [3.8, 4) is 11.1 Å². The molecule has 1 aliphatic carbocycles. The largest absolute Gasteiger partial charge is 0.139 e. The molecule has 0 amide bonds. The highest BCUT2D eigenvalue weighted by Gasteiger charge is 2.41. The van der Waals surface area contributed by atoms with Gasteiger partial charge in [-0.05, 0) is 35.1 Å². The highest BCUT2D eigenvalue weighted by Crippen LogP contribution is 2.53. The molecule has 0 aliphatic heterocycles. The SMILES string of the molecule is Bc1ccc2c(c1)C(CCCCCCCCCC)(CCCCCCCCCC)c1ccccc1-2. The van der Waals surface area contributed by atoms with Crippen molar-refractivity contribution in [2.45, 2.75) is 135 Å². The van der Waals surface area contributed by atoms with Crippen LogP contribution in [0.3, 0.4) is 0 Å². The summed E-state index contributed by atoms with van der Waals surface area (Å²) in [5.74, 6) is 0. The Kier molecular flexibility index (Phi) is 11.8. The number of rotatable bonds is 18. The third-order valence-corrected chi connectivity index (χ3v) is 8.34. The third-order valence-electron chi connectivity index (χ3n) is 8.34. The topological polar surface area (TPSA) is 0 Å². The van der Waals surface area contributed by atoms with E-state index in [9.17, 15) is 0 Å². The summed E-state index contributed by atoms with van der Waals surface area (Å²) in [6, 6.07) is 16.6. The predicted octanol–water partition coefficient (Wildman–Crippen LogP) is 9.27. The molecule has 0 aromatic heterocycles. The van der Waals surface area contributed by atoms with Gasteiger partial charge in [0.1, 0.15) is 7.85 Å². The molecule has 0 saturated heterocycles. The summed E-state index contributed by atoms with van der Waals surface area (Å²) in [4.78, 5) is 0. The summed E-state index contributed by atoms with van der Waals surface area (Å²) in [6.45, 7) is 4.62. The van der Waals surface area contributed by atoms with Gasteiger partial charge in [0.15, 0.2) is 0 Å². The first kappa shape index (κ1) is 27.1. The van der Waals surface area contributed by atoms with Crippen LogP contribution < -0.4 is 5.46 Å². The average molecular weight is 459 g/mol. The van der Waals surface area contributed by atoms with Gasteiger partial charge >= 0.3 is 0 Å². The lowest BCUT2D eigenvalue weighted by atomic mass is 9.70. The number of hydrogen-bond acceptors (Lipinski definition) is 0. The summed E-state index contributed by atoms with van der Waals surface area (Å²) >= 11 is 0. The Bertz CT molecular complexity index is 816. The zero-order valence-electron chi connectivity index (χ0n) is 22.8. The van der Waals surface area contributed by atoms with Crippen LogP contribution in [-0.2, 0) is 5.41 Å². The highest BCUT2D eigenvalue weighted by atomic mass is 14.4. The average Bonchev–Trinajstić information content (AvgIpc) is 3.12. The van der Waals surface area contributed by atoms with E-state index < -0.39 is 0 Å². The minimum atomic E-state index is 0.238. The Morgan fingerprint density at radius 1 is 0.529 bits per heavy atom. The molecule has 0 heterocycles. The van der Waals surface area contributed by atoms with Gasteiger partial charge in [0.2, 0.25) is 0 Å². The van der Waals surface area contributed by atoms with Crippen molar-refractivity contribution < 1.29 is 0 Å². The van der Waals surface area contributed by atoms with E-state index in [1.807, 2.05) is 0 Å². The summed E-state index contributed by atoms with van der Waals surface area (Å²) in [5.41, 5.74) is 7.95. The summed E-state index contributed by atoms with van der Waals surface area (Å²) < 4.78 is 0. The standard InChI is InChI=1S/C33H51B/c1-3-5-7-9-11-13-15-19-25-33(26-20-16-14-12-10-8-6-4-2)31-22-18-17-21-29(31)30-24-23-28(34)27-32(30)33/h17-18,21-24,27H,3-16,19-20,25-26,34H2,1-2H3. The van der Waals surface area contributed by atoms with Gasteiger partial charge in [-0.2, -0.15) is 0 Å². The van der Waals surface area contributed by atoms with Crippen LogP contribution in [0.5, 0.6) is 0 Å². The molecule has 186 valence electrons. The second-order valence-corrected chi connectivity index (χ2v) is 11.1. The van der Waals surface area contributed by atoms with Crippen LogP contribution in [-0.4, -0.2) is 7.85 Å². The van der Waals surface area contributed by atoms with Crippen LogP contribution in [0.2, 0.25) is 0 Å². The van der Waals surface area contributed by atoms with Gasteiger partial charge in [0, 0.05) is 5.41 Å². The first-order valence-electron chi connectivity index (χ1n) is 14.9. The molecule has 0 spiro atoms. The Hall–Kier alpha value is -1.50. The smallest absolute Gasteiger partial charge is 0.0886 e. The van der Waals surface area contributed by atoms with E-state index in [4.69, 9.17) is 0 Å². The number of fused-ring (bicyclic) bond motifs is 3. The van der Waals surface area contributed by atoms with E-state index in [0.29, 0.717) is 0 Å². The molecule has 0 unspecified atom stereocenters. The van der Waals surface area contributed by atoms with Crippen molar-refractivity contribution in [1.29, 1.82) is 0 Å². The number of hydrogen-bond donors (Lipinski definition) is 0. The van der Waals surface area contributed by atoms with Crippen LogP contribution in [0.15, 0.2) is 42.5 Å². The van der Waals surface area contributed by atoms with Crippen molar-refractivity contribution in [1.82, 2.24) is 0 Å². The maximum Gasteiger partial charge on any atom is 0.139 e. The van der Waals surface area contributed by atoms with Gasteiger partial charge in [-0.25, -0.2) is 0 Å². The molecule has 0 saturated carbocycles. The molecule has 0 nitrogen and oxygen atoms in total. The van der Waals surface area contributed by atoms with Crippen LogP contribution in [0.25, 0.3) is 11.1 Å². The maximum absolute atomic E-state index is 2.53. The zero-order chi connectivity index (χ0) is 24.1.